The van der Waals surface area contributed by atoms with E-state index in [0.717, 1.165) is 31.4 Å². The van der Waals surface area contributed by atoms with Gasteiger partial charge in [0.15, 0.2) is 0 Å². The number of ether oxygens (including phenoxy) is 3. The Balaban J connectivity index is 1.38. The minimum atomic E-state index is -0.467. The summed E-state index contributed by atoms with van der Waals surface area (Å²) in [5.41, 5.74) is 1.70. The third kappa shape index (κ3) is 9.35. The summed E-state index contributed by atoms with van der Waals surface area (Å²) in [6.45, 7) is 4.39. The molecule has 0 saturated carbocycles. The molecule has 0 aliphatic rings. The maximum absolute atomic E-state index is 12.3. The van der Waals surface area contributed by atoms with E-state index >= 15 is 0 Å². The number of esters is 2. The number of unbranched alkanes of at least 4 members (excludes halogenated alkanes) is 3. The van der Waals surface area contributed by atoms with Gasteiger partial charge in [0.25, 0.3) is 0 Å². The van der Waals surface area contributed by atoms with E-state index in [1.54, 1.807) is 48.5 Å². The summed E-state index contributed by atoms with van der Waals surface area (Å²) in [6, 6.07) is 20.6. The van der Waals surface area contributed by atoms with Gasteiger partial charge < -0.3 is 14.2 Å². The van der Waals surface area contributed by atoms with E-state index in [-0.39, 0.29) is 5.97 Å². The summed E-state index contributed by atoms with van der Waals surface area (Å²) in [5.74, 6) is 0.333. The molecule has 0 heterocycles. The van der Waals surface area contributed by atoms with Crippen LogP contribution >= 0.6 is 11.6 Å². The van der Waals surface area contributed by atoms with Crippen LogP contribution in [0, 0.1) is 0 Å². The molecular weight excluding hydrogens is 480 g/mol. The van der Waals surface area contributed by atoms with Crippen molar-refractivity contribution in [3.8, 4) is 11.5 Å². The second-order valence-electron chi connectivity index (χ2n) is 7.72. The summed E-state index contributed by atoms with van der Waals surface area (Å²) in [6.07, 6.45) is 4.88. The third-order valence-electron chi connectivity index (χ3n) is 4.96. The zero-order chi connectivity index (χ0) is 25.6. The summed E-state index contributed by atoms with van der Waals surface area (Å²) in [5, 5.41) is 9.00. The number of hydrogen-bond donors (Lipinski definition) is 0. The van der Waals surface area contributed by atoms with E-state index in [0.29, 0.717) is 40.9 Å². The van der Waals surface area contributed by atoms with Gasteiger partial charge >= 0.3 is 11.9 Å². The Hall–Kier alpha value is -3.97. The van der Waals surface area contributed by atoms with Gasteiger partial charge in [-0.15, -0.1) is 0 Å². The van der Waals surface area contributed by atoms with Gasteiger partial charge in [-0.1, -0.05) is 18.2 Å². The number of rotatable bonds is 13. The van der Waals surface area contributed by atoms with Crippen LogP contribution in [-0.2, 0) is 9.53 Å². The van der Waals surface area contributed by atoms with Crippen LogP contribution in [0.2, 0.25) is 5.02 Å². The van der Waals surface area contributed by atoms with Crippen molar-refractivity contribution in [3.63, 3.8) is 0 Å². The van der Waals surface area contributed by atoms with Crippen LogP contribution in [-0.4, -0.2) is 25.2 Å². The van der Waals surface area contributed by atoms with Crippen LogP contribution in [0.25, 0.3) is 0 Å². The lowest BCUT2D eigenvalue weighted by atomic mass is 10.2. The fourth-order valence-electron chi connectivity index (χ4n) is 3.04. The summed E-state index contributed by atoms with van der Waals surface area (Å²) >= 11 is 5.84. The number of nitrogens with zero attached hydrogens (tertiary/aromatic N) is 2. The first-order chi connectivity index (χ1) is 17.5. The quantitative estimate of drug-likeness (QED) is 0.0781. The Morgan fingerprint density at radius 3 is 1.92 bits per heavy atom. The van der Waals surface area contributed by atoms with Crippen LogP contribution in [0.3, 0.4) is 0 Å². The molecule has 3 rings (SSSR count). The first-order valence-corrected chi connectivity index (χ1v) is 11.9. The van der Waals surface area contributed by atoms with Crippen molar-refractivity contribution >= 4 is 34.9 Å². The van der Waals surface area contributed by atoms with Crippen LogP contribution in [0.15, 0.2) is 95.7 Å². The van der Waals surface area contributed by atoms with Crippen LogP contribution in [0.4, 0.5) is 11.4 Å². The van der Waals surface area contributed by atoms with Gasteiger partial charge in [-0.25, -0.2) is 9.59 Å². The molecule has 0 spiro atoms. The SMILES string of the molecule is C=CC(=O)OCCCCCCOc1ccc(N=Nc2ccc(C(=O)Oc3ccc(Cl)cc3)cc2)cc1. The van der Waals surface area contributed by atoms with Gasteiger partial charge in [0.05, 0.1) is 30.2 Å². The third-order valence-corrected chi connectivity index (χ3v) is 5.22. The average Bonchev–Trinajstić information content (AvgIpc) is 2.91. The van der Waals surface area contributed by atoms with Gasteiger partial charge in [-0.2, -0.15) is 10.2 Å². The molecule has 0 bridgehead atoms. The van der Waals surface area contributed by atoms with E-state index in [9.17, 15) is 9.59 Å². The number of carbonyl (C=O) groups is 2. The molecule has 36 heavy (non-hydrogen) atoms. The van der Waals surface area contributed by atoms with Gasteiger partial charge in [0.2, 0.25) is 0 Å². The molecule has 0 radical (unpaired) electrons. The minimum Gasteiger partial charge on any atom is -0.494 e. The molecule has 0 unspecified atom stereocenters. The maximum atomic E-state index is 12.3. The predicted molar refractivity (Wildman–Crippen MR) is 139 cm³/mol. The van der Waals surface area contributed by atoms with Gasteiger partial charge in [0, 0.05) is 11.1 Å². The summed E-state index contributed by atoms with van der Waals surface area (Å²) < 4.78 is 16.0. The van der Waals surface area contributed by atoms with Crippen LogP contribution in [0.5, 0.6) is 11.5 Å². The van der Waals surface area contributed by atoms with Crippen LogP contribution in [0.1, 0.15) is 36.0 Å². The number of hydrogen-bond acceptors (Lipinski definition) is 7. The van der Waals surface area contributed by atoms with Crippen LogP contribution < -0.4 is 9.47 Å². The highest BCUT2D eigenvalue weighted by Gasteiger charge is 2.08. The number of azo groups is 1. The number of benzene rings is 3. The highest BCUT2D eigenvalue weighted by atomic mass is 35.5. The predicted octanol–water partition coefficient (Wildman–Crippen LogP) is 7.64. The minimum absolute atomic E-state index is 0.382. The van der Waals surface area contributed by atoms with Crippen molar-refractivity contribution in [2.75, 3.05) is 13.2 Å². The van der Waals surface area contributed by atoms with E-state index in [2.05, 4.69) is 16.8 Å². The molecule has 0 saturated heterocycles. The Bertz CT molecular complexity index is 1160. The monoisotopic (exact) mass is 506 g/mol. The molecular formula is C28H27ClN2O5. The lowest BCUT2D eigenvalue weighted by molar-refractivity contribution is -0.137. The smallest absolute Gasteiger partial charge is 0.343 e. The highest BCUT2D eigenvalue weighted by molar-refractivity contribution is 6.30. The number of halogens is 1. The maximum Gasteiger partial charge on any atom is 0.343 e. The highest BCUT2D eigenvalue weighted by Crippen LogP contribution is 2.23. The average molecular weight is 507 g/mol. The van der Waals surface area contributed by atoms with E-state index in [1.807, 2.05) is 24.3 Å². The fourth-order valence-corrected chi connectivity index (χ4v) is 3.16. The molecule has 3 aromatic carbocycles. The molecule has 186 valence electrons. The first kappa shape index (κ1) is 26.6. The molecule has 8 heteroatoms. The van der Waals surface area contributed by atoms with E-state index in [4.69, 9.17) is 25.8 Å². The Labute approximate surface area is 215 Å². The standard InChI is InChI=1S/C28H27ClN2O5/c1-2-27(32)35-20-6-4-3-5-19-34-25-17-13-24(14-18-25)31-30-23-11-7-21(8-12-23)28(33)36-26-15-9-22(29)10-16-26/h2,7-18H,1,3-6,19-20H2. The second-order valence-corrected chi connectivity index (χ2v) is 8.15. The Morgan fingerprint density at radius 2 is 1.31 bits per heavy atom. The topological polar surface area (TPSA) is 86.5 Å². The van der Waals surface area contributed by atoms with Crippen molar-refractivity contribution in [1.82, 2.24) is 0 Å². The molecule has 0 aromatic heterocycles. The molecule has 3 aromatic rings. The summed E-state index contributed by atoms with van der Waals surface area (Å²) in [4.78, 5) is 23.2. The number of carbonyl (C=O) groups excluding carboxylic acids is 2. The van der Waals surface area contributed by atoms with E-state index < -0.39 is 5.97 Å². The Morgan fingerprint density at radius 1 is 0.750 bits per heavy atom. The van der Waals surface area contributed by atoms with Crippen molar-refractivity contribution < 1.29 is 23.8 Å². The van der Waals surface area contributed by atoms with Gasteiger partial charge in [-0.3, -0.25) is 0 Å². The first-order valence-electron chi connectivity index (χ1n) is 11.5. The molecule has 7 nitrogen and oxygen atoms in total. The lowest BCUT2D eigenvalue weighted by Crippen LogP contribution is -2.07. The van der Waals surface area contributed by atoms with Gasteiger partial charge in [-0.05, 0) is 98.5 Å². The normalized spacial score (nSPS) is 10.7. The molecule has 0 atom stereocenters. The van der Waals surface area contributed by atoms with Crippen molar-refractivity contribution in [3.05, 3.63) is 96.0 Å². The van der Waals surface area contributed by atoms with Crippen molar-refractivity contribution in [2.45, 2.75) is 25.7 Å². The molecule has 0 aliphatic heterocycles. The Kier molecular flexibility index (Phi) is 10.7. The second kappa shape index (κ2) is 14.4. The zero-order valence-electron chi connectivity index (χ0n) is 19.8. The van der Waals surface area contributed by atoms with E-state index in [1.165, 1.54) is 6.08 Å². The fraction of sp³-hybridized carbons (Fsp3) is 0.214. The van der Waals surface area contributed by atoms with Crippen molar-refractivity contribution in [2.24, 2.45) is 10.2 Å². The molecule has 0 N–H and O–H groups in total. The summed E-state index contributed by atoms with van der Waals surface area (Å²) in [7, 11) is 0. The molecule has 0 fully saturated rings. The molecule has 0 aliphatic carbocycles. The zero-order valence-corrected chi connectivity index (χ0v) is 20.5. The van der Waals surface area contributed by atoms with Gasteiger partial charge in [0.1, 0.15) is 11.5 Å². The lowest BCUT2D eigenvalue weighted by Gasteiger charge is -2.06. The van der Waals surface area contributed by atoms with Crippen molar-refractivity contribution in [1.29, 1.82) is 0 Å². The largest absolute Gasteiger partial charge is 0.494 e. The molecule has 0 amide bonds.